The topological polar surface area (TPSA) is 55.4 Å². The quantitative estimate of drug-likeness (QED) is 0.421. The molecule has 0 radical (unpaired) electrons. The average molecular weight is 139 g/mol. The van der Waals surface area contributed by atoms with E-state index in [1.807, 2.05) is 5.32 Å². The zero-order chi connectivity index (χ0) is 7.56. The Labute approximate surface area is 57.2 Å². The summed E-state index contributed by atoms with van der Waals surface area (Å²) in [5, 5.41) is 2.01. The highest BCUT2D eigenvalue weighted by atomic mass is 16.5. The molecule has 1 aliphatic rings. The highest BCUT2D eigenvalue weighted by Gasteiger charge is 2.21. The molecule has 1 aliphatic heterocycles. The molecule has 1 rings (SSSR count). The second kappa shape index (κ2) is 2.34. The van der Waals surface area contributed by atoms with Gasteiger partial charge in [0, 0.05) is 0 Å². The average Bonchev–Trinajstić information content (AvgIpc) is 2.13. The Morgan fingerprint density at radius 2 is 2.30 bits per heavy atom. The fourth-order valence-electron chi connectivity index (χ4n) is 0.572. The summed E-state index contributed by atoms with van der Waals surface area (Å²) in [6, 6.07) is 0. The Morgan fingerprint density at radius 1 is 1.60 bits per heavy atom. The number of hydrogen-bond acceptors (Lipinski definition) is 3. The van der Waals surface area contributed by atoms with Crippen molar-refractivity contribution in [2.24, 2.45) is 0 Å². The van der Waals surface area contributed by atoms with Crippen LogP contribution in [0.2, 0.25) is 0 Å². The SMILES string of the molecule is C=COC1=CC(=O)NC1=O. The summed E-state index contributed by atoms with van der Waals surface area (Å²) in [5.41, 5.74) is 0. The van der Waals surface area contributed by atoms with E-state index >= 15 is 0 Å². The first-order valence-electron chi connectivity index (χ1n) is 2.58. The molecule has 0 aromatic carbocycles. The van der Waals surface area contributed by atoms with Gasteiger partial charge < -0.3 is 4.74 Å². The molecule has 0 saturated carbocycles. The molecule has 4 heteroatoms. The fraction of sp³-hybridized carbons (Fsp3) is 0. The minimum atomic E-state index is -0.523. The highest BCUT2D eigenvalue weighted by Crippen LogP contribution is 2.02. The van der Waals surface area contributed by atoms with Crippen LogP contribution in [0.3, 0.4) is 0 Å². The van der Waals surface area contributed by atoms with Gasteiger partial charge in [-0.3, -0.25) is 14.9 Å². The van der Waals surface area contributed by atoms with Crippen molar-refractivity contribution >= 4 is 11.8 Å². The Balaban J connectivity index is 2.74. The maximum absolute atomic E-state index is 10.6. The third-order valence-electron chi connectivity index (χ3n) is 0.933. The third-order valence-corrected chi connectivity index (χ3v) is 0.933. The van der Waals surface area contributed by atoms with E-state index < -0.39 is 11.8 Å². The van der Waals surface area contributed by atoms with Crippen LogP contribution in [0.5, 0.6) is 0 Å². The second-order valence-electron chi connectivity index (χ2n) is 1.61. The number of ether oxygens (including phenoxy) is 1. The summed E-state index contributed by atoms with van der Waals surface area (Å²) < 4.78 is 4.58. The van der Waals surface area contributed by atoms with Crippen molar-refractivity contribution in [3.63, 3.8) is 0 Å². The van der Waals surface area contributed by atoms with E-state index in [9.17, 15) is 9.59 Å². The molecule has 0 saturated heterocycles. The number of hydrogen-bond donors (Lipinski definition) is 1. The van der Waals surface area contributed by atoms with Crippen molar-refractivity contribution in [3.8, 4) is 0 Å². The van der Waals surface area contributed by atoms with Crippen LogP contribution in [0.4, 0.5) is 0 Å². The lowest BCUT2D eigenvalue weighted by molar-refractivity contribution is -0.124. The van der Waals surface area contributed by atoms with Gasteiger partial charge in [-0.25, -0.2) is 0 Å². The molecule has 52 valence electrons. The van der Waals surface area contributed by atoms with E-state index in [0.29, 0.717) is 0 Å². The van der Waals surface area contributed by atoms with Crippen LogP contribution >= 0.6 is 0 Å². The first kappa shape index (κ1) is 6.54. The number of imide groups is 1. The van der Waals surface area contributed by atoms with Crippen LogP contribution in [0.15, 0.2) is 24.7 Å². The first-order valence-corrected chi connectivity index (χ1v) is 2.58. The van der Waals surface area contributed by atoms with Crippen molar-refractivity contribution < 1.29 is 14.3 Å². The molecule has 0 aromatic heterocycles. The van der Waals surface area contributed by atoms with Gasteiger partial charge in [0.05, 0.1) is 12.3 Å². The van der Waals surface area contributed by atoms with Gasteiger partial charge in [-0.05, 0) is 0 Å². The molecule has 0 atom stereocenters. The highest BCUT2D eigenvalue weighted by molar-refractivity contribution is 6.15. The smallest absolute Gasteiger partial charge is 0.293 e. The molecule has 0 fully saturated rings. The molecular weight excluding hydrogens is 134 g/mol. The minimum absolute atomic E-state index is 0.0139. The predicted molar refractivity (Wildman–Crippen MR) is 32.5 cm³/mol. The molecule has 1 N–H and O–H groups in total. The van der Waals surface area contributed by atoms with Crippen molar-refractivity contribution in [3.05, 3.63) is 24.7 Å². The Hall–Kier alpha value is -1.58. The summed E-state index contributed by atoms with van der Waals surface area (Å²) in [6.45, 7) is 3.23. The molecule has 0 unspecified atom stereocenters. The van der Waals surface area contributed by atoms with Gasteiger partial charge in [0.1, 0.15) is 0 Å². The zero-order valence-corrected chi connectivity index (χ0v) is 5.09. The molecule has 0 aromatic rings. The van der Waals surface area contributed by atoms with Gasteiger partial charge in [-0.1, -0.05) is 6.58 Å². The van der Waals surface area contributed by atoms with Crippen molar-refractivity contribution in [1.29, 1.82) is 0 Å². The van der Waals surface area contributed by atoms with Crippen molar-refractivity contribution in [2.75, 3.05) is 0 Å². The van der Waals surface area contributed by atoms with Crippen LogP contribution < -0.4 is 5.32 Å². The van der Waals surface area contributed by atoms with Gasteiger partial charge in [-0.15, -0.1) is 0 Å². The zero-order valence-electron chi connectivity index (χ0n) is 5.09. The lowest BCUT2D eigenvalue weighted by Gasteiger charge is -1.93. The Kier molecular flexibility index (Phi) is 1.53. The molecule has 1 heterocycles. The normalized spacial score (nSPS) is 16.2. The van der Waals surface area contributed by atoms with Crippen molar-refractivity contribution in [1.82, 2.24) is 5.32 Å². The molecule has 0 aliphatic carbocycles. The summed E-state index contributed by atoms with van der Waals surface area (Å²) in [5.74, 6) is -0.994. The number of carbonyl (C=O) groups is 2. The van der Waals surface area contributed by atoms with Crippen LogP contribution in [0.25, 0.3) is 0 Å². The van der Waals surface area contributed by atoms with E-state index in [4.69, 9.17) is 0 Å². The van der Waals surface area contributed by atoms with Crippen molar-refractivity contribution in [2.45, 2.75) is 0 Å². The van der Waals surface area contributed by atoms with E-state index in [1.54, 1.807) is 0 Å². The number of rotatable bonds is 2. The lowest BCUT2D eigenvalue weighted by Crippen LogP contribution is -2.22. The second-order valence-corrected chi connectivity index (χ2v) is 1.61. The van der Waals surface area contributed by atoms with E-state index in [2.05, 4.69) is 11.3 Å². The minimum Gasteiger partial charge on any atom is -0.460 e. The van der Waals surface area contributed by atoms with Gasteiger partial charge >= 0.3 is 0 Å². The van der Waals surface area contributed by atoms with Gasteiger partial charge in [0.2, 0.25) is 0 Å². The standard InChI is InChI=1S/C6H5NO3/c1-2-10-4-3-5(8)7-6(4)9/h2-3H,1H2,(H,7,8,9). The molecule has 0 bridgehead atoms. The Bertz CT molecular complexity index is 229. The summed E-state index contributed by atoms with van der Waals surface area (Å²) in [6.07, 6.45) is 2.16. The van der Waals surface area contributed by atoms with Crippen LogP contribution in [-0.4, -0.2) is 11.8 Å². The monoisotopic (exact) mass is 139 g/mol. The molecular formula is C6H5NO3. The molecule has 0 spiro atoms. The molecule has 10 heavy (non-hydrogen) atoms. The summed E-state index contributed by atoms with van der Waals surface area (Å²) >= 11 is 0. The van der Waals surface area contributed by atoms with Crippen LogP contribution in [0, 0.1) is 0 Å². The summed E-state index contributed by atoms with van der Waals surface area (Å²) in [7, 11) is 0. The van der Waals surface area contributed by atoms with Gasteiger partial charge in [0.25, 0.3) is 11.8 Å². The predicted octanol–water partition coefficient (Wildman–Crippen LogP) is -0.313. The molecule has 2 amide bonds. The van der Waals surface area contributed by atoms with E-state index in [1.165, 1.54) is 0 Å². The van der Waals surface area contributed by atoms with Crippen LogP contribution in [-0.2, 0) is 14.3 Å². The summed E-state index contributed by atoms with van der Waals surface area (Å²) in [4.78, 5) is 21.0. The number of carbonyl (C=O) groups excluding carboxylic acids is 2. The number of amides is 2. The van der Waals surface area contributed by atoms with Crippen LogP contribution in [0.1, 0.15) is 0 Å². The maximum atomic E-state index is 10.6. The lowest BCUT2D eigenvalue weighted by atomic mass is 10.5. The number of nitrogens with one attached hydrogen (secondary N) is 1. The van der Waals surface area contributed by atoms with E-state index in [-0.39, 0.29) is 5.76 Å². The van der Waals surface area contributed by atoms with Gasteiger partial charge in [0.15, 0.2) is 5.76 Å². The largest absolute Gasteiger partial charge is 0.460 e. The first-order chi connectivity index (χ1) is 4.74. The van der Waals surface area contributed by atoms with E-state index in [0.717, 1.165) is 12.3 Å². The fourth-order valence-corrected chi connectivity index (χ4v) is 0.572. The maximum Gasteiger partial charge on any atom is 0.293 e. The van der Waals surface area contributed by atoms with Gasteiger partial charge in [-0.2, -0.15) is 0 Å². The third kappa shape index (κ3) is 1.05. The Morgan fingerprint density at radius 3 is 2.70 bits per heavy atom. The molecule has 4 nitrogen and oxygen atoms in total.